The van der Waals surface area contributed by atoms with E-state index in [1.807, 2.05) is 6.92 Å². The van der Waals surface area contributed by atoms with Crippen LogP contribution in [0.25, 0.3) is 0 Å². The predicted molar refractivity (Wildman–Crippen MR) is 137 cm³/mol. The topological polar surface area (TPSA) is 26.3 Å². The lowest BCUT2D eigenvalue weighted by molar-refractivity contribution is -0.150. The SMILES string of the molecule is CCCCCC/C=C\CC/C=C\CC/C=C\CC/C=C/CCCC(=O)OC(C)C(C)C. The molecule has 0 aromatic rings. The Kier molecular flexibility index (Phi) is 21.9. The summed E-state index contributed by atoms with van der Waals surface area (Å²) in [6.07, 6.45) is 34.1. The van der Waals surface area contributed by atoms with Crippen LogP contribution in [0.3, 0.4) is 0 Å². The second-order valence-electron chi connectivity index (χ2n) is 8.80. The van der Waals surface area contributed by atoms with Crippen LogP contribution in [0.4, 0.5) is 0 Å². The van der Waals surface area contributed by atoms with Crippen molar-refractivity contribution in [2.75, 3.05) is 0 Å². The van der Waals surface area contributed by atoms with Crippen molar-refractivity contribution < 1.29 is 9.53 Å². The fourth-order valence-electron chi connectivity index (χ4n) is 2.98. The van der Waals surface area contributed by atoms with Crippen molar-refractivity contribution in [3.05, 3.63) is 48.6 Å². The van der Waals surface area contributed by atoms with Crippen molar-refractivity contribution in [3.8, 4) is 0 Å². The minimum Gasteiger partial charge on any atom is -0.462 e. The van der Waals surface area contributed by atoms with Gasteiger partial charge in [-0.05, 0) is 77.0 Å². The van der Waals surface area contributed by atoms with Gasteiger partial charge in [-0.1, -0.05) is 88.6 Å². The molecule has 0 amide bonds. The highest BCUT2D eigenvalue weighted by molar-refractivity contribution is 5.69. The van der Waals surface area contributed by atoms with Crippen LogP contribution >= 0.6 is 0 Å². The summed E-state index contributed by atoms with van der Waals surface area (Å²) >= 11 is 0. The summed E-state index contributed by atoms with van der Waals surface area (Å²) < 4.78 is 5.38. The average molecular weight is 431 g/mol. The summed E-state index contributed by atoms with van der Waals surface area (Å²) in [6, 6.07) is 0. The van der Waals surface area contributed by atoms with E-state index in [9.17, 15) is 4.79 Å². The van der Waals surface area contributed by atoms with E-state index in [1.165, 1.54) is 38.5 Å². The van der Waals surface area contributed by atoms with Gasteiger partial charge in [0.05, 0.1) is 0 Å². The van der Waals surface area contributed by atoms with Crippen molar-refractivity contribution in [2.45, 2.75) is 124 Å². The Morgan fingerprint density at radius 3 is 1.45 bits per heavy atom. The quantitative estimate of drug-likeness (QED) is 0.109. The highest BCUT2D eigenvalue weighted by Crippen LogP contribution is 2.09. The molecule has 0 aromatic heterocycles. The zero-order valence-electron chi connectivity index (χ0n) is 21.0. The first-order valence-electron chi connectivity index (χ1n) is 12.9. The molecular formula is C29H50O2. The maximum Gasteiger partial charge on any atom is 0.306 e. The monoisotopic (exact) mass is 430 g/mol. The van der Waals surface area contributed by atoms with Gasteiger partial charge >= 0.3 is 5.97 Å². The molecule has 178 valence electrons. The van der Waals surface area contributed by atoms with Crippen LogP contribution in [0, 0.1) is 5.92 Å². The molecule has 0 rings (SSSR count). The van der Waals surface area contributed by atoms with E-state index >= 15 is 0 Å². The fraction of sp³-hybridized carbons (Fsp3) is 0.690. The Balaban J connectivity index is 3.46. The van der Waals surface area contributed by atoms with Crippen LogP contribution in [0.15, 0.2) is 48.6 Å². The molecule has 0 aliphatic carbocycles. The van der Waals surface area contributed by atoms with E-state index in [0.29, 0.717) is 12.3 Å². The van der Waals surface area contributed by atoms with Gasteiger partial charge in [0.1, 0.15) is 6.10 Å². The lowest BCUT2D eigenvalue weighted by Crippen LogP contribution is -2.19. The molecule has 0 fully saturated rings. The van der Waals surface area contributed by atoms with Crippen LogP contribution in [-0.2, 0) is 9.53 Å². The first kappa shape index (κ1) is 29.4. The molecule has 0 saturated carbocycles. The van der Waals surface area contributed by atoms with Gasteiger partial charge in [-0.2, -0.15) is 0 Å². The molecule has 0 saturated heterocycles. The number of unbranched alkanes of at least 4 members (excludes halogenated alkanes) is 8. The summed E-state index contributed by atoms with van der Waals surface area (Å²) in [6.45, 7) is 8.36. The molecule has 31 heavy (non-hydrogen) atoms. The summed E-state index contributed by atoms with van der Waals surface area (Å²) in [5.41, 5.74) is 0. The molecule has 2 nitrogen and oxygen atoms in total. The molecule has 1 atom stereocenters. The van der Waals surface area contributed by atoms with E-state index in [2.05, 4.69) is 69.4 Å². The Morgan fingerprint density at radius 2 is 1.03 bits per heavy atom. The van der Waals surface area contributed by atoms with Gasteiger partial charge in [-0.3, -0.25) is 4.79 Å². The van der Waals surface area contributed by atoms with Gasteiger partial charge < -0.3 is 4.74 Å². The van der Waals surface area contributed by atoms with E-state index in [1.54, 1.807) is 0 Å². The first-order chi connectivity index (χ1) is 15.1. The number of esters is 1. The predicted octanol–water partition coefficient (Wildman–Crippen LogP) is 9.28. The number of hydrogen-bond donors (Lipinski definition) is 0. The van der Waals surface area contributed by atoms with Crippen molar-refractivity contribution in [1.82, 2.24) is 0 Å². The number of allylic oxidation sites excluding steroid dienone is 8. The summed E-state index contributed by atoms with van der Waals surface area (Å²) in [7, 11) is 0. The summed E-state index contributed by atoms with van der Waals surface area (Å²) in [5, 5.41) is 0. The third-order valence-corrected chi connectivity index (χ3v) is 5.40. The van der Waals surface area contributed by atoms with Crippen LogP contribution in [-0.4, -0.2) is 12.1 Å². The second-order valence-corrected chi connectivity index (χ2v) is 8.80. The maximum absolute atomic E-state index is 11.7. The standard InChI is InChI=1S/C29H50O2/c1-5-6-7-8-9-10-11-12-13-14-15-16-17-18-19-20-21-22-23-24-25-26-29(30)31-28(4)27(2)3/h10-11,14-15,18-19,22-23,27-28H,5-9,12-13,16-17,20-21,24-26H2,1-4H3/b11-10-,15-14-,19-18-,23-22+. The fourth-order valence-corrected chi connectivity index (χ4v) is 2.98. The van der Waals surface area contributed by atoms with Gasteiger partial charge in [-0.25, -0.2) is 0 Å². The van der Waals surface area contributed by atoms with Crippen molar-refractivity contribution >= 4 is 5.97 Å². The van der Waals surface area contributed by atoms with Gasteiger partial charge in [-0.15, -0.1) is 0 Å². The lowest BCUT2D eigenvalue weighted by Gasteiger charge is -2.16. The first-order valence-corrected chi connectivity index (χ1v) is 12.9. The molecule has 0 bridgehead atoms. The third kappa shape index (κ3) is 22.9. The Hall–Kier alpha value is -1.57. The van der Waals surface area contributed by atoms with E-state index in [0.717, 1.165) is 44.9 Å². The van der Waals surface area contributed by atoms with E-state index in [4.69, 9.17) is 4.74 Å². The lowest BCUT2D eigenvalue weighted by atomic mass is 10.1. The zero-order chi connectivity index (χ0) is 23.0. The number of hydrogen-bond acceptors (Lipinski definition) is 2. The second kappa shape index (κ2) is 23.1. The van der Waals surface area contributed by atoms with Crippen molar-refractivity contribution in [1.29, 1.82) is 0 Å². The molecule has 0 aromatic carbocycles. The normalized spacial score (nSPS) is 13.5. The highest BCUT2D eigenvalue weighted by atomic mass is 16.5. The molecule has 0 radical (unpaired) electrons. The molecule has 0 aliphatic heterocycles. The Morgan fingerprint density at radius 1 is 0.613 bits per heavy atom. The largest absolute Gasteiger partial charge is 0.462 e. The van der Waals surface area contributed by atoms with Crippen LogP contribution in [0.1, 0.15) is 118 Å². The Bertz CT molecular complexity index is 511. The molecule has 0 N–H and O–H groups in total. The summed E-state index contributed by atoms with van der Waals surface area (Å²) in [4.78, 5) is 11.7. The molecular weight excluding hydrogens is 380 g/mol. The Labute approximate surface area is 193 Å². The van der Waals surface area contributed by atoms with Gasteiger partial charge in [0.15, 0.2) is 0 Å². The highest BCUT2D eigenvalue weighted by Gasteiger charge is 2.11. The molecule has 0 aliphatic rings. The average Bonchev–Trinajstić information content (AvgIpc) is 2.74. The minimum atomic E-state index is -0.0687. The van der Waals surface area contributed by atoms with Crippen LogP contribution in [0.5, 0.6) is 0 Å². The van der Waals surface area contributed by atoms with E-state index in [-0.39, 0.29) is 12.1 Å². The smallest absolute Gasteiger partial charge is 0.306 e. The maximum atomic E-state index is 11.7. The molecule has 1 unspecified atom stereocenters. The number of carbonyl (C=O) groups excluding carboxylic acids is 1. The minimum absolute atomic E-state index is 0.0115. The molecule has 2 heteroatoms. The summed E-state index contributed by atoms with van der Waals surface area (Å²) in [5.74, 6) is 0.311. The van der Waals surface area contributed by atoms with E-state index < -0.39 is 0 Å². The number of carbonyl (C=O) groups is 1. The van der Waals surface area contributed by atoms with Gasteiger partial charge in [0.2, 0.25) is 0 Å². The zero-order valence-corrected chi connectivity index (χ0v) is 21.0. The van der Waals surface area contributed by atoms with Crippen LogP contribution < -0.4 is 0 Å². The third-order valence-electron chi connectivity index (χ3n) is 5.40. The van der Waals surface area contributed by atoms with Crippen molar-refractivity contribution in [2.24, 2.45) is 5.92 Å². The van der Waals surface area contributed by atoms with Gasteiger partial charge in [0, 0.05) is 6.42 Å². The van der Waals surface area contributed by atoms with Gasteiger partial charge in [0.25, 0.3) is 0 Å². The van der Waals surface area contributed by atoms with Crippen LogP contribution in [0.2, 0.25) is 0 Å². The van der Waals surface area contributed by atoms with Crippen molar-refractivity contribution in [3.63, 3.8) is 0 Å². The molecule has 0 spiro atoms. The number of ether oxygens (including phenoxy) is 1. The number of rotatable bonds is 20. The molecule has 0 heterocycles.